The Morgan fingerprint density at radius 2 is 1.38 bits per heavy atom. The second kappa shape index (κ2) is 6.09. The molecule has 0 aliphatic carbocycles. The van der Waals surface area contributed by atoms with Crippen LogP contribution in [-0.4, -0.2) is 0 Å². The zero-order valence-corrected chi connectivity index (χ0v) is 8.72. The first-order chi connectivity index (χ1) is 3.13. The molecule has 0 rings (SSSR count). The van der Waals surface area contributed by atoms with Crippen molar-refractivity contribution < 1.29 is 42.7 Å². The summed E-state index contributed by atoms with van der Waals surface area (Å²) < 4.78 is 21.8. The fourth-order valence-corrected chi connectivity index (χ4v) is 0.612. The van der Waals surface area contributed by atoms with Gasteiger partial charge in [0.1, 0.15) is 16.5 Å². The van der Waals surface area contributed by atoms with Crippen LogP contribution in [0.4, 0.5) is 0 Å². The fourth-order valence-electron chi connectivity index (χ4n) is 0.0680. The fraction of sp³-hybridized carbons (Fsp3) is 0. The van der Waals surface area contributed by atoms with Gasteiger partial charge in [-0.1, -0.05) is 0 Å². The van der Waals surface area contributed by atoms with Crippen LogP contribution in [0.3, 0.4) is 0 Å². The second-order valence-corrected chi connectivity index (χ2v) is 2.42. The molecule has 0 aliphatic heterocycles. The first-order valence-corrected chi connectivity index (χ1v) is 3.67. The molecule has 0 saturated heterocycles. The van der Waals surface area contributed by atoms with Gasteiger partial charge in [-0.05, 0) is 0 Å². The Hall–Kier alpha value is 0.963. The van der Waals surface area contributed by atoms with Crippen molar-refractivity contribution in [3.63, 3.8) is 0 Å². The predicted molar refractivity (Wildman–Crippen MR) is 19.1 cm³/mol. The summed E-state index contributed by atoms with van der Waals surface area (Å²) in [6.45, 7) is 0. The van der Waals surface area contributed by atoms with E-state index in [1.54, 1.807) is 0 Å². The standard InChI is InChI=1S/H4O5P2.Zn/c1-6(2)5-7(3)4;/h6-7H,(H,1,2)(H,3,4);/q;+2/p-2. The summed E-state index contributed by atoms with van der Waals surface area (Å²) in [5.74, 6) is 0. The predicted octanol–water partition coefficient (Wildman–Crippen LogP) is -1.50. The molecule has 0 aromatic heterocycles. The van der Waals surface area contributed by atoms with E-state index in [0.717, 1.165) is 0 Å². The van der Waals surface area contributed by atoms with E-state index in [1.807, 2.05) is 0 Å². The van der Waals surface area contributed by atoms with Crippen LogP contribution < -0.4 is 9.79 Å². The third kappa shape index (κ3) is 10.1. The van der Waals surface area contributed by atoms with Crippen molar-refractivity contribution in [2.24, 2.45) is 0 Å². The Morgan fingerprint density at radius 3 is 1.38 bits per heavy atom. The third-order valence-corrected chi connectivity index (χ3v) is 1.50. The maximum atomic E-state index is 9.29. The Labute approximate surface area is 59.7 Å². The van der Waals surface area contributed by atoms with Gasteiger partial charge in [0.25, 0.3) is 0 Å². The van der Waals surface area contributed by atoms with Crippen LogP contribution in [0.5, 0.6) is 0 Å². The van der Waals surface area contributed by atoms with Crippen molar-refractivity contribution in [3.8, 4) is 0 Å². The van der Waals surface area contributed by atoms with E-state index in [0.29, 0.717) is 0 Å². The van der Waals surface area contributed by atoms with E-state index in [4.69, 9.17) is 0 Å². The van der Waals surface area contributed by atoms with Crippen LogP contribution in [0, 0.1) is 0 Å². The van der Waals surface area contributed by atoms with Crippen molar-refractivity contribution >= 4 is 16.5 Å². The van der Waals surface area contributed by atoms with Crippen LogP contribution in [0.15, 0.2) is 0 Å². The van der Waals surface area contributed by atoms with Crippen molar-refractivity contribution in [3.05, 3.63) is 0 Å². The smallest absolute Gasteiger partial charge is 0.781 e. The summed E-state index contributed by atoms with van der Waals surface area (Å²) in [6, 6.07) is 0. The van der Waals surface area contributed by atoms with Crippen LogP contribution in [-0.2, 0) is 32.9 Å². The molecule has 8 heavy (non-hydrogen) atoms. The molecule has 0 amide bonds. The number of rotatable bonds is 2. The van der Waals surface area contributed by atoms with Gasteiger partial charge in [-0.2, -0.15) is 0 Å². The van der Waals surface area contributed by atoms with Crippen molar-refractivity contribution in [1.29, 1.82) is 0 Å². The minimum atomic E-state index is -3.51. The molecular formula is H2O5P2Zn. The molecular weight excluding hydrogens is 207 g/mol. The minimum Gasteiger partial charge on any atom is -0.781 e. The molecule has 0 aromatic rings. The van der Waals surface area contributed by atoms with E-state index in [-0.39, 0.29) is 19.5 Å². The molecule has 0 N–H and O–H groups in total. The molecule has 0 fully saturated rings. The molecule has 44 valence electrons. The quantitative estimate of drug-likeness (QED) is 0.408. The van der Waals surface area contributed by atoms with Gasteiger partial charge in [-0.25, -0.2) is 0 Å². The maximum Gasteiger partial charge on any atom is 2.00 e. The van der Waals surface area contributed by atoms with Crippen molar-refractivity contribution in [2.75, 3.05) is 0 Å². The number of hydrogen-bond acceptors (Lipinski definition) is 5. The summed E-state index contributed by atoms with van der Waals surface area (Å²) in [7, 11) is -7.03. The molecule has 0 spiro atoms. The maximum absolute atomic E-state index is 9.29. The Balaban J connectivity index is 0. The van der Waals surface area contributed by atoms with E-state index < -0.39 is 16.5 Å². The minimum absolute atomic E-state index is 0. The molecule has 2 unspecified atom stereocenters. The SMILES string of the molecule is O=[PH]([O-])O[PH](=O)[O-].[Zn+2]. The van der Waals surface area contributed by atoms with Crippen LogP contribution >= 0.6 is 16.5 Å². The van der Waals surface area contributed by atoms with Crippen LogP contribution in [0.25, 0.3) is 0 Å². The van der Waals surface area contributed by atoms with Crippen LogP contribution in [0.2, 0.25) is 0 Å². The average molecular weight is 209 g/mol. The summed E-state index contributed by atoms with van der Waals surface area (Å²) >= 11 is 0. The molecule has 8 heteroatoms. The molecule has 5 nitrogen and oxygen atoms in total. The topological polar surface area (TPSA) is 89.5 Å². The molecule has 2 atom stereocenters. The van der Waals surface area contributed by atoms with Gasteiger partial charge in [-0.3, -0.25) is 4.31 Å². The van der Waals surface area contributed by atoms with E-state index in [2.05, 4.69) is 4.31 Å². The van der Waals surface area contributed by atoms with E-state index in [1.165, 1.54) is 0 Å². The molecule has 0 aliphatic rings. The van der Waals surface area contributed by atoms with E-state index in [9.17, 15) is 18.9 Å². The van der Waals surface area contributed by atoms with Gasteiger partial charge in [0, 0.05) is 0 Å². The van der Waals surface area contributed by atoms with Crippen molar-refractivity contribution in [1.82, 2.24) is 0 Å². The summed E-state index contributed by atoms with van der Waals surface area (Å²) in [4.78, 5) is 18.6. The van der Waals surface area contributed by atoms with Crippen molar-refractivity contribution in [2.45, 2.75) is 0 Å². The zero-order chi connectivity index (χ0) is 5.86. The summed E-state index contributed by atoms with van der Waals surface area (Å²) in [5, 5.41) is 0. The van der Waals surface area contributed by atoms with Gasteiger partial charge >= 0.3 is 19.5 Å². The normalized spacial score (nSPS) is 16.2. The Morgan fingerprint density at radius 1 is 1.12 bits per heavy atom. The molecule has 0 aromatic carbocycles. The van der Waals surface area contributed by atoms with Gasteiger partial charge in [0.15, 0.2) is 0 Å². The van der Waals surface area contributed by atoms with Gasteiger partial charge in [0.05, 0.1) is 0 Å². The summed E-state index contributed by atoms with van der Waals surface area (Å²) in [5.41, 5.74) is 0. The van der Waals surface area contributed by atoms with E-state index >= 15 is 0 Å². The Bertz CT molecular complexity index is 86.6. The third-order valence-electron chi connectivity index (χ3n) is 0.167. The summed E-state index contributed by atoms with van der Waals surface area (Å²) in [6.07, 6.45) is 0. The molecule has 0 radical (unpaired) electrons. The first-order valence-electron chi connectivity index (χ1n) is 1.22. The number of hydrogen-bond donors (Lipinski definition) is 0. The van der Waals surface area contributed by atoms with Crippen LogP contribution in [0.1, 0.15) is 0 Å². The largest absolute Gasteiger partial charge is 2.00 e. The Kier molecular flexibility index (Phi) is 8.92. The van der Waals surface area contributed by atoms with Gasteiger partial charge in [-0.15, -0.1) is 0 Å². The molecule has 0 saturated carbocycles. The molecule has 0 heterocycles. The average Bonchev–Trinajstić information content (AvgIpc) is 1.27. The monoisotopic (exact) mass is 208 g/mol. The molecule has 0 bridgehead atoms. The zero-order valence-electron chi connectivity index (χ0n) is 3.75. The van der Waals surface area contributed by atoms with Gasteiger partial charge < -0.3 is 18.9 Å². The van der Waals surface area contributed by atoms with Gasteiger partial charge in [0.2, 0.25) is 0 Å². The second-order valence-electron chi connectivity index (χ2n) is 0.602. The first kappa shape index (κ1) is 11.7.